The molecule has 1 fully saturated rings. The zero-order chi connectivity index (χ0) is 12.7. The summed E-state index contributed by atoms with van der Waals surface area (Å²) in [6, 6.07) is 0.00441. The van der Waals surface area contributed by atoms with Crippen LogP contribution in [0.4, 0.5) is 0 Å². The third kappa shape index (κ3) is 6.03. The first-order chi connectivity index (χ1) is 8.09. The standard InChI is InChI=1S/C13H26N2O2/c1-10(2)17-8-4-6-15-13(16)12-9-11(3)5-7-14-12/h10-12,14H,4-9H2,1-3H3,(H,15,16). The summed E-state index contributed by atoms with van der Waals surface area (Å²) < 4.78 is 5.42. The molecular formula is C13H26N2O2. The Hall–Kier alpha value is -0.610. The molecule has 4 heteroatoms. The molecule has 0 aromatic heterocycles. The van der Waals surface area contributed by atoms with Crippen molar-refractivity contribution >= 4 is 5.91 Å². The van der Waals surface area contributed by atoms with Gasteiger partial charge in [0.25, 0.3) is 0 Å². The van der Waals surface area contributed by atoms with Gasteiger partial charge in [-0.05, 0) is 45.6 Å². The molecule has 0 spiro atoms. The molecule has 0 radical (unpaired) electrons. The molecule has 1 aliphatic heterocycles. The van der Waals surface area contributed by atoms with Crippen LogP contribution in [0.1, 0.15) is 40.0 Å². The van der Waals surface area contributed by atoms with Gasteiger partial charge in [0, 0.05) is 13.2 Å². The Bertz CT molecular complexity index is 231. The van der Waals surface area contributed by atoms with Gasteiger partial charge < -0.3 is 15.4 Å². The highest BCUT2D eigenvalue weighted by molar-refractivity contribution is 5.81. The molecule has 1 heterocycles. The Balaban J connectivity index is 2.08. The predicted molar refractivity (Wildman–Crippen MR) is 68.9 cm³/mol. The first-order valence-electron chi connectivity index (χ1n) is 6.72. The van der Waals surface area contributed by atoms with Gasteiger partial charge in [-0.1, -0.05) is 6.92 Å². The van der Waals surface area contributed by atoms with Gasteiger partial charge in [0.05, 0.1) is 12.1 Å². The van der Waals surface area contributed by atoms with Crippen molar-refractivity contribution in [3.05, 3.63) is 0 Å². The summed E-state index contributed by atoms with van der Waals surface area (Å²) >= 11 is 0. The number of ether oxygens (including phenoxy) is 1. The highest BCUT2D eigenvalue weighted by atomic mass is 16.5. The van der Waals surface area contributed by atoms with E-state index in [-0.39, 0.29) is 18.1 Å². The molecule has 0 saturated carbocycles. The molecule has 4 nitrogen and oxygen atoms in total. The van der Waals surface area contributed by atoms with E-state index in [0.717, 1.165) is 19.4 Å². The number of amides is 1. The fourth-order valence-electron chi connectivity index (χ4n) is 2.03. The average Bonchev–Trinajstić information content (AvgIpc) is 2.28. The number of nitrogens with one attached hydrogen (secondary N) is 2. The Morgan fingerprint density at radius 1 is 1.53 bits per heavy atom. The van der Waals surface area contributed by atoms with Crippen LogP contribution in [0, 0.1) is 5.92 Å². The van der Waals surface area contributed by atoms with E-state index in [4.69, 9.17) is 4.74 Å². The van der Waals surface area contributed by atoms with Crippen molar-refractivity contribution in [2.24, 2.45) is 5.92 Å². The average molecular weight is 242 g/mol. The van der Waals surface area contributed by atoms with Crippen LogP contribution in [0.2, 0.25) is 0 Å². The van der Waals surface area contributed by atoms with Gasteiger partial charge in [-0.2, -0.15) is 0 Å². The van der Waals surface area contributed by atoms with Crippen molar-refractivity contribution < 1.29 is 9.53 Å². The van der Waals surface area contributed by atoms with Crippen LogP contribution in [0.15, 0.2) is 0 Å². The van der Waals surface area contributed by atoms with Crippen LogP contribution in [0.3, 0.4) is 0 Å². The minimum atomic E-state index is 0.00441. The van der Waals surface area contributed by atoms with E-state index >= 15 is 0 Å². The van der Waals surface area contributed by atoms with Gasteiger partial charge >= 0.3 is 0 Å². The van der Waals surface area contributed by atoms with Gasteiger partial charge in [-0.15, -0.1) is 0 Å². The van der Waals surface area contributed by atoms with Gasteiger partial charge in [0.1, 0.15) is 0 Å². The molecule has 0 bridgehead atoms. The summed E-state index contributed by atoms with van der Waals surface area (Å²) in [5.74, 6) is 0.789. The molecule has 1 aliphatic rings. The molecule has 1 saturated heterocycles. The van der Waals surface area contributed by atoms with Crippen LogP contribution in [-0.4, -0.2) is 37.7 Å². The van der Waals surface area contributed by atoms with Crippen LogP contribution >= 0.6 is 0 Å². The van der Waals surface area contributed by atoms with Crippen LogP contribution in [0.25, 0.3) is 0 Å². The maximum atomic E-state index is 11.8. The molecule has 1 amide bonds. The van der Waals surface area contributed by atoms with Crippen LogP contribution < -0.4 is 10.6 Å². The third-order valence-corrected chi connectivity index (χ3v) is 3.05. The van der Waals surface area contributed by atoms with Crippen molar-refractivity contribution in [1.82, 2.24) is 10.6 Å². The Labute approximate surface area is 104 Å². The number of carbonyl (C=O) groups excluding carboxylic acids is 1. The topological polar surface area (TPSA) is 50.4 Å². The number of piperidine rings is 1. The second-order valence-corrected chi connectivity index (χ2v) is 5.20. The normalized spacial score (nSPS) is 24.9. The molecule has 2 unspecified atom stereocenters. The summed E-state index contributed by atoms with van der Waals surface area (Å²) in [5, 5.41) is 6.23. The Kier molecular flexibility index (Phi) is 6.52. The molecule has 0 aromatic carbocycles. The van der Waals surface area contributed by atoms with Crippen molar-refractivity contribution in [1.29, 1.82) is 0 Å². The third-order valence-electron chi connectivity index (χ3n) is 3.05. The summed E-state index contributed by atoms with van der Waals surface area (Å²) in [5.41, 5.74) is 0. The number of hydrogen-bond acceptors (Lipinski definition) is 3. The second-order valence-electron chi connectivity index (χ2n) is 5.20. The molecule has 2 N–H and O–H groups in total. The summed E-state index contributed by atoms with van der Waals surface area (Å²) in [7, 11) is 0. The molecule has 1 rings (SSSR count). The molecule has 0 aromatic rings. The van der Waals surface area contributed by atoms with E-state index in [1.54, 1.807) is 0 Å². The SMILES string of the molecule is CC1CCNC(C(=O)NCCCOC(C)C)C1. The van der Waals surface area contributed by atoms with Crippen molar-refractivity contribution in [2.45, 2.75) is 52.2 Å². The summed E-state index contributed by atoms with van der Waals surface area (Å²) in [6.45, 7) is 8.62. The fourth-order valence-corrected chi connectivity index (χ4v) is 2.03. The maximum Gasteiger partial charge on any atom is 0.237 e. The quantitative estimate of drug-likeness (QED) is 0.690. The number of rotatable bonds is 6. The molecule has 2 atom stereocenters. The van der Waals surface area contributed by atoms with E-state index in [9.17, 15) is 4.79 Å². The van der Waals surface area contributed by atoms with Gasteiger partial charge in [0.15, 0.2) is 0 Å². The van der Waals surface area contributed by atoms with Crippen LogP contribution in [-0.2, 0) is 9.53 Å². The molecule has 17 heavy (non-hydrogen) atoms. The largest absolute Gasteiger partial charge is 0.379 e. The van der Waals surface area contributed by atoms with Crippen molar-refractivity contribution in [3.63, 3.8) is 0 Å². The van der Waals surface area contributed by atoms with Gasteiger partial charge in [-0.3, -0.25) is 4.79 Å². The highest BCUT2D eigenvalue weighted by Crippen LogP contribution is 2.14. The van der Waals surface area contributed by atoms with E-state index in [1.165, 1.54) is 6.42 Å². The van der Waals surface area contributed by atoms with E-state index < -0.39 is 0 Å². The lowest BCUT2D eigenvalue weighted by molar-refractivity contribution is -0.124. The lowest BCUT2D eigenvalue weighted by atomic mass is 9.94. The zero-order valence-corrected chi connectivity index (χ0v) is 11.3. The lowest BCUT2D eigenvalue weighted by Crippen LogP contribution is -2.48. The monoisotopic (exact) mass is 242 g/mol. The van der Waals surface area contributed by atoms with E-state index in [2.05, 4.69) is 17.6 Å². The summed E-state index contributed by atoms with van der Waals surface area (Å²) in [4.78, 5) is 11.8. The minimum Gasteiger partial charge on any atom is -0.379 e. The first-order valence-corrected chi connectivity index (χ1v) is 6.72. The fraction of sp³-hybridized carbons (Fsp3) is 0.923. The smallest absolute Gasteiger partial charge is 0.237 e. The molecule has 0 aliphatic carbocycles. The summed E-state index contributed by atoms with van der Waals surface area (Å²) in [6.07, 6.45) is 3.28. The van der Waals surface area contributed by atoms with Crippen molar-refractivity contribution in [3.8, 4) is 0 Å². The predicted octanol–water partition coefficient (Wildman–Crippen LogP) is 1.31. The Morgan fingerprint density at radius 3 is 2.94 bits per heavy atom. The highest BCUT2D eigenvalue weighted by Gasteiger charge is 2.23. The Morgan fingerprint density at radius 2 is 2.29 bits per heavy atom. The number of hydrogen-bond donors (Lipinski definition) is 2. The van der Waals surface area contributed by atoms with Gasteiger partial charge in [-0.25, -0.2) is 0 Å². The van der Waals surface area contributed by atoms with Crippen molar-refractivity contribution in [2.75, 3.05) is 19.7 Å². The second kappa shape index (κ2) is 7.67. The van der Waals surface area contributed by atoms with E-state index in [1.807, 2.05) is 13.8 Å². The minimum absolute atomic E-state index is 0.00441. The van der Waals surface area contributed by atoms with E-state index in [0.29, 0.717) is 19.1 Å². The van der Waals surface area contributed by atoms with Gasteiger partial charge in [0.2, 0.25) is 5.91 Å². The molecule has 100 valence electrons. The lowest BCUT2D eigenvalue weighted by Gasteiger charge is -2.27. The maximum absolute atomic E-state index is 11.8. The van der Waals surface area contributed by atoms with Crippen LogP contribution in [0.5, 0.6) is 0 Å². The zero-order valence-electron chi connectivity index (χ0n) is 11.3. The molecular weight excluding hydrogens is 216 g/mol. The number of carbonyl (C=O) groups is 1. The first kappa shape index (κ1) is 14.5.